The minimum atomic E-state index is -0.0107. The number of halogens is 2. The Bertz CT molecular complexity index is 930. The Morgan fingerprint density at radius 3 is 2.55 bits per heavy atom. The van der Waals surface area contributed by atoms with Crippen LogP contribution in [-0.4, -0.2) is 15.5 Å². The van der Waals surface area contributed by atoms with E-state index in [9.17, 15) is 4.79 Å². The lowest BCUT2D eigenvalue weighted by Gasteiger charge is -2.11. The van der Waals surface area contributed by atoms with Crippen molar-refractivity contribution in [2.45, 2.75) is 38.6 Å². The van der Waals surface area contributed by atoms with Crippen LogP contribution in [-0.2, 0) is 24.2 Å². The largest absolute Gasteiger partial charge is 0.399 e. The number of hydrogen-bond donors (Lipinski definition) is 2. The molecule has 0 saturated heterocycles. The van der Waals surface area contributed by atoms with Crippen molar-refractivity contribution >= 4 is 42.1 Å². The van der Waals surface area contributed by atoms with Gasteiger partial charge in [0.2, 0.25) is 5.91 Å². The van der Waals surface area contributed by atoms with Crippen LogP contribution in [0.2, 0.25) is 0 Å². The van der Waals surface area contributed by atoms with E-state index in [1.54, 1.807) is 0 Å². The van der Waals surface area contributed by atoms with Gasteiger partial charge in [0, 0.05) is 42.5 Å². The van der Waals surface area contributed by atoms with Crippen LogP contribution in [0.3, 0.4) is 0 Å². The minimum absolute atomic E-state index is 0. The molecule has 4 rings (SSSR count). The third-order valence-corrected chi connectivity index (χ3v) is 5.05. The number of nitrogens with zero attached hydrogens (tertiary/aromatic N) is 2. The van der Waals surface area contributed by atoms with Gasteiger partial charge >= 0.3 is 0 Å². The second kappa shape index (κ2) is 10.3. The molecule has 7 heteroatoms. The molecule has 1 aliphatic rings. The highest BCUT2D eigenvalue weighted by Gasteiger charge is 2.13. The number of carbonyl (C=O) groups excluding carboxylic acids is 1. The summed E-state index contributed by atoms with van der Waals surface area (Å²) in [5.41, 5.74) is 10.5. The lowest BCUT2D eigenvalue weighted by atomic mass is 10.1. The van der Waals surface area contributed by atoms with Crippen molar-refractivity contribution in [3.05, 3.63) is 66.1 Å². The predicted molar refractivity (Wildman–Crippen MR) is 123 cm³/mol. The molecule has 29 heavy (non-hydrogen) atoms. The maximum absolute atomic E-state index is 12.2. The highest BCUT2D eigenvalue weighted by molar-refractivity contribution is 5.91. The summed E-state index contributed by atoms with van der Waals surface area (Å²) < 4.78 is 2.25. The zero-order valence-corrected chi connectivity index (χ0v) is 17.8. The highest BCUT2D eigenvalue weighted by Crippen LogP contribution is 2.24. The number of carbonyl (C=O) groups is 1. The second-order valence-electron chi connectivity index (χ2n) is 7.02. The van der Waals surface area contributed by atoms with Gasteiger partial charge in [-0.2, -0.15) is 0 Å². The first-order valence-corrected chi connectivity index (χ1v) is 9.49. The second-order valence-corrected chi connectivity index (χ2v) is 7.02. The molecule has 0 radical (unpaired) electrons. The number of aryl methyl sites for hydroxylation is 3. The van der Waals surface area contributed by atoms with Crippen LogP contribution >= 0.6 is 24.8 Å². The first kappa shape index (κ1) is 22.8. The molecule has 2 aromatic carbocycles. The number of imidazole rings is 1. The van der Waals surface area contributed by atoms with Crippen LogP contribution in [0, 0.1) is 0 Å². The molecule has 3 N–H and O–H groups in total. The van der Waals surface area contributed by atoms with Gasteiger partial charge in [0.15, 0.2) is 0 Å². The number of fused-ring (bicyclic) bond motifs is 1. The number of anilines is 2. The lowest BCUT2D eigenvalue weighted by Crippen LogP contribution is -2.12. The molecular formula is C22H26Cl2N4O. The molecule has 1 aliphatic heterocycles. The molecule has 154 valence electrons. The van der Waals surface area contributed by atoms with Crippen LogP contribution in [0.4, 0.5) is 11.4 Å². The summed E-state index contributed by atoms with van der Waals surface area (Å²) in [7, 11) is 0. The average Bonchev–Trinajstić information content (AvgIpc) is 3.12. The maximum atomic E-state index is 12.2. The molecule has 2 heterocycles. The third-order valence-electron chi connectivity index (χ3n) is 5.05. The summed E-state index contributed by atoms with van der Waals surface area (Å²) in [5, 5.41) is 2.95. The van der Waals surface area contributed by atoms with Gasteiger partial charge in [-0.25, -0.2) is 4.98 Å². The van der Waals surface area contributed by atoms with Gasteiger partial charge in [-0.05, 0) is 43.0 Å². The number of aromatic nitrogens is 2. The minimum Gasteiger partial charge on any atom is -0.399 e. The molecule has 0 fully saturated rings. The van der Waals surface area contributed by atoms with Crippen LogP contribution in [0.1, 0.15) is 30.7 Å². The van der Waals surface area contributed by atoms with Gasteiger partial charge in [-0.15, -0.1) is 24.8 Å². The van der Waals surface area contributed by atoms with Crippen molar-refractivity contribution in [3.63, 3.8) is 0 Å². The number of nitrogens with two attached hydrogens (primary N) is 1. The fraction of sp³-hybridized carbons (Fsp3) is 0.273. The van der Waals surface area contributed by atoms with Gasteiger partial charge in [-0.1, -0.05) is 30.3 Å². The van der Waals surface area contributed by atoms with Crippen LogP contribution < -0.4 is 11.1 Å². The van der Waals surface area contributed by atoms with Gasteiger partial charge in [0.1, 0.15) is 5.82 Å². The maximum Gasteiger partial charge on any atom is 0.224 e. The first-order chi connectivity index (χ1) is 13.2. The standard InChI is InChI=1S/C22H24N4O.2ClH/c23-19-6-2-1-5-16(19)10-13-22(27)24-18-11-8-17(9-12-18)20-15-26-14-4-3-7-21(26)25-20;;/h1-2,5-6,8-9,11-12,15H,3-4,7,10,13-14,23H2,(H,24,27);2*1H. The van der Waals surface area contributed by atoms with Crippen molar-refractivity contribution in [1.82, 2.24) is 9.55 Å². The lowest BCUT2D eigenvalue weighted by molar-refractivity contribution is -0.116. The average molecular weight is 433 g/mol. The van der Waals surface area contributed by atoms with Crippen LogP contribution in [0.5, 0.6) is 0 Å². The van der Waals surface area contributed by atoms with E-state index in [-0.39, 0.29) is 30.7 Å². The molecule has 0 atom stereocenters. The molecule has 5 nitrogen and oxygen atoms in total. The Labute approximate surface area is 183 Å². The topological polar surface area (TPSA) is 72.9 Å². The van der Waals surface area contributed by atoms with Crippen LogP contribution in [0.25, 0.3) is 11.3 Å². The summed E-state index contributed by atoms with van der Waals surface area (Å²) in [5.74, 6) is 1.16. The van der Waals surface area contributed by atoms with E-state index >= 15 is 0 Å². The quantitative estimate of drug-likeness (QED) is 0.563. The predicted octanol–water partition coefficient (Wildman–Crippen LogP) is 4.88. The number of para-hydroxylation sites is 1. The van der Waals surface area contributed by atoms with E-state index in [0.717, 1.165) is 41.2 Å². The normalized spacial score (nSPS) is 12.3. The Kier molecular flexibility index (Phi) is 8.11. The third kappa shape index (κ3) is 5.52. The molecule has 3 aromatic rings. The van der Waals surface area contributed by atoms with Crippen molar-refractivity contribution in [2.24, 2.45) is 0 Å². The van der Waals surface area contributed by atoms with E-state index in [0.29, 0.717) is 12.8 Å². The summed E-state index contributed by atoms with van der Waals surface area (Å²) >= 11 is 0. The molecule has 0 unspecified atom stereocenters. The van der Waals surface area contributed by atoms with E-state index in [1.807, 2.05) is 48.5 Å². The highest BCUT2D eigenvalue weighted by atomic mass is 35.5. The smallest absolute Gasteiger partial charge is 0.224 e. The number of nitrogens with one attached hydrogen (secondary N) is 1. The molecule has 0 spiro atoms. The number of hydrogen-bond acceptors (Lipinski definition) is 3. The number of rotatable bonds is 5. The summed E-state index contributed by atoms with van der Waals surface area (Å²) in [6, 6.07) is 15.6. The molecule has 0 aliphatic carbocycles. The zero-order valence-electron chi connectivity index (χ0n) is 16.1. The fourth-order valence-corrected chi connectivity index (χ4v) is 3.51. The summed E-state index contributed by atoms with van der Waals surface area (Å²) in [6.45, 7) is 1.06. The Balaban J connectivity index is 0.00000150. The summed E-state index contributed by atoms with van der Waals surface area (Å²) in [6.07, 6.45) is 6.67. The molecule has 1 amide bonds. The van der Waals surface area contributed by atoms with E-state index in [4.69, 9.17) is 10.7 Å². The Morgan fingerprint density at radius 1 is 1.07 bits per heavy atom. The van der Waals surface area contributed by atoms with E-state index < -0.39 is 0 Å². The summed E-state index contributed by atoms with van der Waals surface area (Å²) in [4.78, 5) is 17.0. The zero-order chi connectivity index (χ0) is 18.6. The van der Waals surface area contributed by atoms with Crippen molar-refractivity contribution < 1.29 is 4.79 Å². The first-order valence-electron chi connectivity index (χ1n) is 9.49. The van der Waals surface area contributed by atoms with Gasteiger partial charge in [0.25, 0.3) is 0 Å². The SMILES string of the molecule is Cl.Cl.Nc1ccccc1CCC(=O)Nc1ccc(-c2cn3c(n2)CCCC3)cc1. The van der Waals surface area contributed by atoms with Crippen molar-refractivity contribution in [1.29, 1.82) is 0 Å². The monoisotopic (exact) mass is 432 g/mol. The van der Waals surface area contributed by atoms with Gasteiger partial charge in [-0.3, -0.25) is 4.79 Å². The van der Waals surface area contributed by atoms with Crippen molar-refractivity contribution in [2.75, 3.05) is 11.1 Å². The van der Waals surface area contributed by atoms with Gasteiger partial charge < -0.3 is 15.6 Å². The number of nitrogen functional groups attached to an aromatic ring is 1. The number of amides is 1. The molecular weight excluding hydrogens is 407 g/mol. The molecule has 1 aromatic heterocycles. The molecule has 0 saturated carbocycles. The fourth-order valence-electron chi connectivity index (χ4n) is 3.51. The van der Waals surface area contributed by atoms with E-state index in [2.05, 4.69) is 16.1 Å². The molecule has 0 bridgehead atoms. The Morgan fingerprint density at radius 2 is 1.83 bits per heavy atom. The van der Waals surface area contributed by atoms with Gasteiger partial charge in [0.05, 0.1) is 5.69 Å². The van der Waals surface area contributed by atoms with Crippen LogP contribution in [0.15, 0.2) is 54.7 Å². The van der Waals surface area contributed by atoms with E-state index in [1.165, 1.54) is 18.7 Å². The Hall–Kier alpha value is -2.50. The number of benzene rings is 2. The van der Waals surface area contributed by atoms with Crippen molar-refractivity contribution in [3.8, 4) is 11.3 Å².